The quantitative estimate of drug-likeness (QED) is 0.813. The second kappa shape index (κ2) is 4.58. The first-order valence-electron chi connectivity index (χ1n) is 5.01. The Balaban J connectivity index is 2.15. The fourth-order valence-electron chi connectivity index (χ4n) is 1.44. The van der Waals surface area contributed by atoms with E-state index in [4.69, 9.17) is 21.9 Å². The van der Waals surface area contributed by atoms with Gasteiger partial charge in [-0.05, 0) is 25.4 Å². The third kappa shape index (κ3) is 2.47. The van der Waals surface area contributed by atoms with Crippen molar-refractivity contribution in [1.82, 2.24) is 15.1 Å². The van der Waals surface area contributed by atoms with Crippen molar-refractivity contribution in [1.29, 1.82) is 0 Å². The highest BCUT2D eigenvalue weighted by Gasteiger charge is 2.10. The third-order valence-electron chi connectivity index (χ3n) is 2.40. The van der Waals surface area contributed by atoms with Gasteiger partial charge in [0, 0.05) is 12.1 Å². The van der Waals surface area contributed by atoms with E-state index in [0.717, 1.165) is 17.0 Å². The van der Waals surface area contributed by atoms with E-state index in [1.54, 1.807) is 0 Å². The molecule has 7 heteroatoms. The molecule has 0 aliphatic carbocycles. The average Bonchev–Trinajstić information content (AvgIpc) is 2.61. The van der Waals surface area contributed by atoms with Crippen molar-refractivity contribution >= 4 is 23.1 Å². The van der Waals surface area contributed by atoms with Gasteiger partial charge in [0.15, 0.2) is 5.82 Å². The highest BCUT2D eigenvalue weighted by Crippen LogP contribution is 2.19. The molecule has 2 rings (SSSR count). The summed E-state index contributed by atoms with van der Waals surface area (Å²) in [6.07, 6.45) is 1.46. The molecule has 3 N–H and O–H groups in total. The number of nitrogen functional groups attached to an aromatic ring is 1. The zero-order valence-corrected chi connectivity index (χ0v) is 10.2. The van der Waals surface area contributed by atoms with Gasteiger partial charge < -0.3 is 15.6 Å². The number of anilines is 2. The van der Waals surface area contributed by atoms with Gasteiger partial charge in [-0.2, -0.15) is 4.98 Å². The van der Waals surface area contributed by atoms with Gasteiger partial charge in [0.25, 0.3) is 0 Å². The van der Waals surface area contributed by atoms with E-state index in [1.807, 2.05) is 13.8 Å². The topological polar surface area (TPSA) is 89.9 Å². The number of aryl methyl sites for hydroxylation is 2. The van der Waals surface area contributed by atoms with Gasteiger partial charge >= 0.3 is 0 Å². The molecule has 0 unspecified atom stereocenters. The van der Waals surface area contributed by atoms with Crippen molar-refractivity contribution in [2.45, 2.75) is 20.4 Å². The maximum Gasteiger partial charge on any atom is 0.224 e. The van der Waals surface area contributed by atoms with Crippen LogP contribution in [0, 0.1) is 13.8 Å². The largest absolute Gasteiger partial charge is 0.394 e. The Kier molecular flexibility index (Phi) is 3.14. The molecule has 17 heavy (non-hydrogen) atoms. The zero-order valence-electron chi connectivity index (χ0n) is 9.49. The van der Waals surface area contributed by atoms with E-state index in [1.165, 1.54) is 6.20 Å². The zero-order chi connectivity index (χ0) is 12.4. The lowest BCUT2D eigenvalue weighted by Crippen LogP contribution is -2.06. The minimum atomic E-state index is 0.153. The lowest BCUT2D eigenvalue weighted by molar-refractivity contribution is 0.392. The summed E-state index contributed by atoms with van der Waals surface area (Å²) in [4.78, 5) is 7.78. The van der Waals surface area contributed by atoms with Crippen LogP contribution in [0.15, 0.2) is 10.7 Å². The van der Waals surface area contributed by atoms with E-state index < -0.39 is 0 Å². The predicted octanol–water partition coefficient (Wildman–Crippen LogP) is 1.93. The average molecular weight is 254 g/mol. The number of rotatable bonds is 3. The first kappa shape index (κ1) is 11.7. The van der Waals surface area contributed by atoms with Crippen molar-refractivity contribution in [3.05, 3.63) is 28.5 Å². The number of nitrogens with two attached hydrogens (primary N) is 1. The fourth-order valence-corrected chi connectivity index (χ4v) is 1.57. The molecular formula is C10H12ClN5O. The second-order valence-electron chi connectivity index (χ2n) is 3.60. The molecule has 0 radical (unpaired) electrons. The number of aromatic nitrogens is 3. The summed E-state index contributed by atoms with van der Waals surface area (Å²) < 4.78 is 5.06. The summed E-state index contributed by atoms with van der Waals surface area (Å²) in [7, 11) is 0. The van der Waals surface area contributed by atoms with Gasteiger partial charge in [0.2, 0.25) is 5.28 Å². The molecule has 0 spiro atoms. The molecule has 0 aliphatic rings. The Hall–Kier alpha value is -1.82. The number of nitrogens with zero attached hydrogens (tertiary/aromatic N) is 3. The summed E-state index contributed by atoms with van der Waals surface area (Å²) >= 11 is 5.69. The van der Waals surface area contributed by atoms with Crippen molar-refractivity contribution in [3.63, 3.8) is 0 Å². The predicted molar refractivity (Wildman–Crippen MR) is 64.8 cm³/mol. The molecule has 0 aromatic carbocycles. The second-order valence-corrected chi connectivity index (χ2v) is 3.94. The molecule has 6 nitrogen and oxygen atoms in total. The minimum absolute atomic E-state index is 0.153. The molecule has 0 saturated carbocycles. The number of halogens is 1. The maximum atomic E-state index is 5.72. The Labute approximate surface area is 103 Å². The van der Waals surface area contributed by atoms with E-state index in [0.29, 0.717) is 18.1 Å². The van der Waals surface area contributed by atoms with Crippen LogP contribution in [0.5, 0.6) is 0 Å². The van der Waals surface area contributed by atoms with Crippen LogP contribution < -0.4 is 11.1 Å². The van der Waals surface area contributed by atoms with E-state index in [-0.39, 0.29) is 5.28 Å². The molecule has 90 valence electrons. The van der Waals surface area contributed by atoms with Crippen LogP contribution in [0.4, 0.5) is 11.5 Å². The third-order valence-corrected chi connectivity index (χ3v) is 2.58. The smallest absolute Gasteiger partial charge is 0.224 e. The Morgan fingerprint density at radius 1 is 1.47 bits per heavy atom. The normalized spacial score (nSPS) is 10.5. The van der Waals surface area contributed by atoms with Crippen molar-refractivity contribution in [2.24, 2.45) is 0 Å². The molecule has 2 aromatic heterocycles. The molecule has 0 bridgehead atoms. The van der Waals surface area contributed by atoms with E-state index in [2.05, 4.69) is 20.4 Å². The van der Waals surface area contributed by atoms with Gasteiger partial charge in [-0.25, -0.2) is 4.98 Å². The van der Waals surface area contributed by atoms with Gasteiger partial charge in [0.05, 0.1) is 17.6 Å². The number of nitrogens with one attached hydrogen (secondary N) is 1. The first-order chi connectivity index (χ1) is 8.08. The number of hydrogen-bond donors (Lipinski definition) is 2. The lowest BCUT2D eigenvalue weighted by Gasteiger charge is -2.07. The molecule has 0 fully saturated rings. The summed E-state index contributed by atoms with van der Waals surface area (Å²) in [5.74, 6) is 1.28. The van der Waals surface area contributed by atoms with Gasteiger partial charge in [-0.1, -0.05) is 5.16 Å². The summed E-state index contributed by atoms with van der Waals surface area (Å²) in [5, 5.41) is 7.09. The van der Waals surface area contributed by atoms with Gasteiger partial charge in [-0.15, -0.1) is 0 Å². The Morgan fingerprint density at radius 3 is 2.88 bits per heavy atom. The van der Waals surface area contributed by atoms with Crippen LogP contribution in [-0.2, 0) is 6.54 Å². The van der Waals surface area contributed by atoms with Crippen molar-refractivity contribution < 1.29 is 4.52 Å². The highest BCUT2D eigenvalue weighted by molar-refractivity contribution is 6.28. The summed E-state index contributed by atoms with van der Waals surface area (Å²) in [6, 6.07) is 0. The summed E-state index contributed by atoms with van der Waals surface area (Å²) in [5.41, 5.74) is 7.99. The van der Waals surface area contributed by atoms with E-state index >= 15 is 0 Å². The standard InChI is InChI=1S/C10H12ClN5O/c1-5-7(6(2)17-16-5)3-13-9-8(12)4-14-10(11)15-9/h4H,3,12H2,1-2H3,(H,13,14,15). The van der Waals surface area contributed by atoms with Crippen LogP contribution in [0.25, 0.3) is 0 Å². The SMILES string of the molecule is Cc1noc(C)c1CNc1nc(Cl)ncc1N. The van der Waals surface area contributed by atoms with Crippen molar-refractivity contribution in [2.75, 3.05) is 11.1 Å². The van der Waals surface area contributed by atoms with Crippen molar-refractivity contribution in [3.8, 4) is 0 Å². The van der Waals surface area contributed by atoms with Crippen LogP contribution in [0.3, 0.4) is 0 Å². The van der Waals surface area contributed by atoms with Crippen LogP contribution in [0.1, 0.15) is 17.0 Å². The molecule has 0 saturated heterocycles. The van der Waals surface area contributed by atoms with Crippen LogP contribution in [0.2, 0.25) is 5.28 Å². The van der Waals surface area contributed by atoms with E-state index in [9.17, 15) is 0 Å². The molecule has 2 aromatic rings. The molecular weight excluding hydrogens is 242 g/mol. The minimum Gasteiger partial charge on any atom is -0.394 e. The monoisotopic (exact) mass is 253 g/mol. The molecule has 0 amide bonds. The van der Waals surface area contributed by atoms with Crippen LogP contribution >= 0.6 is 11.6 Å². The lowest BCUT2D eigenvalue weighted by atomic mass is 10.2. The molecule has 2 heterocycles. The van der Waals surface area contributed by atoms with Gasteiger partial charge in [-0.3, -0.25) is 0 Å². The Bertz CT molecular complexity index is 520. The number of hydrogen-bond acceptors (Lipinski definition) is 6. The maximum absolute atomic E-state index is 5.72. The summed E-state index contributed by atoms with van der Waals surface area (Å²) in [6.45, 7) is 4.26. The van der Waals surface area contributed by atoms with Gasteiger partial charge in [0.1, 0.15) is 5.76 Å². The Morgan fingerprint density at radius 2 is 2.24 bits per heavy atom. The fraction of sp³-hybridized carbons (Fsp3) is 0.300. The van der Waals surface area contributed by atoms with Crippen LogP contribution in [-0.4, -0.2) is 15.1 Å². The molecule has 0 atom stereocenters. The molecule has 0 aliphatic heterocycles. The first-order valence-corrected chi connectivity index (χ1v) is 5.39. The highest BCUT2D eigenvalue weighted by atomic mass is 35.5.